The van der Waals surface area contributed by atoms with Crippen molar-refractivity contribution < 1.29 is 27.2 Å². The highest BCUT2D eigenvalue weighted by atomic mass is 35.5. The van der Waals surface area contributed by atoms with Crippen LogP contribution in [-0.2, 0) is 6.18 Å². The summed E-state index contributed by atoms with van der Waals surface area (Å²) < 4.78 is 53.0. The maximum Gasteiger partial charge on any atom is 0.417 e. The van der Waals surface area contributed by atoms with Crippen LogP contribution in [-0.4, -0.2) is 21.8 Å². The molecule has 2 N–H and O–H groups in total. The van der Waals surface area contributed by atoms with Gasteiger partial charge in [-0.2, -0.15) is 18.4 Å². The van der Waals surface area contributed by atoms with Gasteiger partial charge in [-0.1, -0.05) is 11.6 Å². The Morgan fingerprint density at radius 1 is 0.944 bits per heavy atom. The van der Waals surface area contributed by atoms with E-state index < -0.39 is 34.4 Å². The molecule has 3 aromatic carbocycles. The first-order valence-electron chi connectivity index (χ1n) is 10.0. The van der Waals surface area contributed by atoms with Crippen molar-refractivity contribution in [3.05, 3.63) is 94.0 Å². The Bertz CT molecular complexity index is 1570. The molecule has 12 heteroatoms. The Morgan fingerprint density at radius 2 is 1.64 bits per heavy atom. The van der Waals surface area contributed by atoms with Gasteiger partial charge in [-0.3, -0.25) is 9.78 Å². The van der Waals surface area contributed by atoms with Crippen molar-refractivity contribution in [2.24, 2.45) is 0 Å². The fourth-order valence-electron chi connectivity index (χ4n) is 3.26. The van der Waals surface area contributed by atoms with Crippen LogP contribution in [0, 0.1) is 17.1 Å². The lowest BCUT2D eigenvalue weighted by atomic mass is 10.0. The van der Waals surface area contributed by atoms with Gasteiger partial charge >= 0.3 is 12.2 Å². The lowest BCUT2D eigenvalue weighted by Crippen LogP contribution is -2.20. The molecule has 0 aliphatic rings. The van der Waals surface area contributed by atoms with Gasteiger partial charge in [0.2, 0.25) is 0 Å². The van der Waals surface area contributed by atoms with Crippen molar-refractivity contribution >= 4 is 45.8 Å². The van der Waals surface area contributed by atoms with Crippen LogP contribution in [0.3, 0.4) is 0 Å². The molecule has 0 aliphatic heterocycles. The number of halogens is 5. The fourth-order valence-corrected chi connectivity index (χ4v) is 3.54. The Kier molecular flexibility index (Phi) is 6.55. The van der Waals surface area contributed by atoms with E-state index in [4.69, 9.17) is 16.9 Å². The number of hydrogen-bond donors (Lipinski definition) is 2. The van der Waals surface area contributed by atoms with Gasteiger partial charge in [0.1, 0.15) is 11.9 Å². The van der Waals surface area contributed by atoms with Crippen molar-refractivity contribution in [2.75, 3.05) is 10.6 Å². The van der Waals surface area contributed by atoms with Gasteiger partial charge in [-0.25, -0.2) is 14.2 Å². The van der Waals surface area contributed by atoms with Crippen LogP contribution >= 0.6 is 11.6 Å². The van der Waals surface area contributed by atoms with Gasteiger partial charge in [0.25, 0.3) is 0 Å². The molecule has 36 heavy (non-hydrogen) atoms. The molecule has 0 unspecified atom stereocenters. The van der Waals surface area contributed by atoms with Crippen molar-refractivity contribution in [1.29, 1.82) is 5.26 Å². The second-order valence-corrected chi connectivity index (χ2v) is 7.77. The van der Waals surface area contributed by atoms with Gasteiger partial charge in [0.15, 0.2) is 11.5 Å². The standard InChI is InChI=1S/C24H12ClF4N5O2/c25-18-9-14(2-4-17(18)24(27,28)29)34-23(36)33-13-3-5-19(26)16(8-13)22(35)12-1-6-20-21(7-12)32-15(10-30)11-31-20/h1-9,11H,(H2,33,34,36). The zero-order chi connectivity index (χ0) is 26.0. The second-order valence-electron chi connectivity index (χ2n) is 7.37. The number of nitrogens with zero attached hydrogens (tertiary/aromatic N) is 3. The third kappa shape index (κ3) is 5.24. The topological polar surface area (TPSA) is 108 Å². The van der Waals surface area contributed by atoms with Crippen molar-refractivity contribution in [1.82, 2.24) is 9.97 Å². The normalized spacial score (nSPS) is 11.1. The van der Waals surface area contributed by atoms with Gasteiger partial charge in [-0.15, -0.1) is 0 Å². The third-order valence-electron chi connectivity index (χ3n) is 4.92. The van der Waals surface area contributed by atoms with E-state index >= 15 is 0 Å². The zero-order valence-electron chi connectivity index (χ0n) is 17.8. The highest BCUT2D eigenvalue weighted by molar-refractivity contribution is 6.31. The van der Waals surface area contributed by atoms with Crippen molar-refractivity contribution in [3.63, 3.8) is 0 Å². The van der Waals surface area contributed by atoms with E-state index in [9.17, 15) is 27.2 Å². The van der Waals surface area contributed by atoms with Gasteiger partial charge in [-0.05, 0) is 54.6 Å². The first kappa shape index (κ1) is 24.6. The molecule has 0 bridgehead atoms. The van der Waals surface area contributed by atoms with E-state index in [1.165, 1.54) is 30.5 Å². The lowest BCUT2D eigenvalue weighted by molar-refractivity contribution is -0.137. The lowest BCUT2D eigenvalue weighted by Gasteiger charge is -2.12. The summed E-state index contributed by atoms with van der Waals surface area (Å²) in [6, 6.07) is 11.2. The van der Waals surface area contributed by atoms with Gasteiger partial charge in [0.05, 0.1) is 33.4 Å². The number of urea groups is 1. The molecule has 0 saturated heterocycles. The molecule has 0 atom stereocenters. The summed E-state index contributed by atoms with van der Waals surface area (Å²) in [5, 5.41) is 13.1. The molecule has 7 nitrogen and oxygen atoms in total. The van der Waals surface area contributed by atoms with E-state index in [2.05, 4.69) is 20.6 Å². The number of nitrogens with one attached hydrogen (secondary N) is 2. The number of fused-ring (bicyclic) bond motifs is 1. The van der Waals surface area contributed by atoms with Crippen LogP contribution in [0.2, 0.25) is 5.02 Å². The molecule has 4 rings (SSSR count). The summed E-state index contributed by atoms with van der Waals surface area (Å²) in [6.07, 6.45) is -3.37. The van der Waals surface area contributed by atoms with Gasteiger partial charge in [0, 0.05) is 16.9 Å². The highest BCUT2D eigenvalue weighted by Gasteiger charge is 2.33. The van der Waals surface area contributed by atoms with Crippen LogP contribution in [0.15, 0.2) is 60.8 Å². The zero-order valence-corrected chi connectivity index (χ0v) is 18.6. The number of hydrogen-bond acceptors (Lipinski definition) is 5. The number of amides is 2. The molecular formula is C24H12ClF4N5O2. The Hall–Kier alpha value is -4.56. The predicted octanol–water partition coefficient (Wildman–Crippen LogP) is 6.19. The number of alkyl halides is 3. The Balaban J connectivity index is 1.54. The molecule has 1 aromatic heterocycles. The molecule has 0 fully saturated rings. The quantitative estimate of drug-likeness (QED) is 0.250. The van der Waals surface area contributed by atoms with E-state index in [0.717, 1.165) is 30.3 Å². The monoisotopic (exact) mass is 513 g/mol. The average molecular weight is 514 g/mol. The van der Waals surface area contributed by atoms with Crippen molar-refractivity contribution in [3.8, 4) is 6.07 Å². The highest BCUT2D eigenvalue weighted by Crippen LogP contribution is 2.35. The summed E-state index contributed by atoms with van der Waals surface area (Å²) in [6.45, 7) is 0. The third-order valence-corrected chi connectivity index (χ3v) is 5.23. The maximum atomic E-state index is 14.5. The first-order valence-corrected chi connectivity index (χ1v) is 10.4. The number of anilines is 2. The molecule has 0 saturated carbocycles. The Morgan fingerprint density at radius 3 is 2.31 bits per heavy atom. The summed E-state index contributed by atoms with van der Waals surface area (Å²) in [7, 11) is 0. The minimum atomic E-state index is -4.65. The minimum absolute atomic E-state index is 0.0158. The summed E-state index contributed by atoms with van der Waals surface area (Å²) in [4.78, 5) is 33.4. The Labute approximate surface area is 205 Å². The minimum Gasteiger partial charge on any atom is -0.308 e. The van der Waals surface area contributed by atoms with E-state index in [-0.39, 0.29) is 33.7 Å². The predicted molar refractivity (Wildman–Crippen MR) is 123 cm³/mol. The fraction of sp³-hybridized carbons (Fsp3) is 0.0417. The molecule has 180 valence electrons. The van der Waals surface area contributed by atoms with Crippen LogP contribution in [0.5, 0.6) is 0 Å². The van der Waals surface area contributed by atoms with Gasteiger partial charge < -0.3 is 10.6 Å². The van der Waals surface area contributed by atoms with Crippen LogP contribution in [0.4, 0.5) is 33.7 Å². The average Bonchev–Trinajstić information content (AvgIpc) is 2.83. The van der Waals surface area contributed by atoms with Crippen LogP contribution in [0.1, 0.15) is 27.2 Å². The molecule has 4 aromatic rings. The first-order chi connectivity index (χ1) is 17.0. The number of nitriles is 1. The number of rotatable bonds is 4. The van der Waals surface area contributed by atoms with Crippen LogP contribution < -0.4 is 10.6 Å². The summed E-state index contributed by atoms with van der Waals surface area (Å²) in [5.74, 6) is -1.56. The second kappa shape index (κ2) is 9.59. The van der Waals surface area contributed by atoms with Crippen molar-refractivity contribution in [2.45, 2.75) is 6.18 Å². The number of carbonyl (C=O) groups excluding carboxylic acids is 2. The number of carbonyl (C=O) groups is 2. The molecule has 2 amide bonds. The largest absolute Gasteiger partial charge is 0.417 e. The van der Waals surface area contributed by atoms with Crippen LogP contribution in [0.25, 0.3) is 11.0 Å². The number of aromatic nitrogens is 2. The smallest absolute Gasteiger partial charge is 0.308 e. The maximum absolute atomic E-state index is 14.5. The van der Waals surface area contributed by atoms with E-state index in [0.29, 0.717) is 5.52 Å². The summed E-state index contributed by atoms with van der Waals surface area (Å²) >= 11 is 5.65. The molecule has 0 spiro atoms. The molecule has 0 aliphatic carbocycles. The molecule has 1 heterocycles. The number of benzene rings is 3. The SMILES string of the molecule is N#Cc1cnc2ccc(C(=O)c3cc(NC(=O)Nc4ccc(C(F)(F)F)c(Cl)c4)ccc3F)cc2n1. The number of ketones is 1. The summed E-state index contributed by atoms with van der Waals surface area (Å²) in [5.41, 5.74) is -0.558. The van der Waals surface area contributed by atoms with E-state index in [1.54, 1.807) is 0 Å². The van der Waals surface area contributed by atoms with E-state index in [1.807, 2.05) is 6.07 Å². The molecule has 0 radical (unpaired) electrons. The molecular weight excluding hydrogens is 502 g/mol.